The lowest BCUT2D eigenvalue weighted by atomic mass is 9.60. The third kappa shape index (κ3) is 3.06. The number of carbonyl (C=O) groups excluding carboxylic acids is 3. The molecule has 0 aromatic carbocycles. The van der Waals surface area contributed by atoms with E-state index in [-0.39, 0.29) is 23.4 Å². The molecule has 4 fully saturated rings. The van der Waals surface area contributed by atoms with Crippen molar-refractivity contribution in [3.63, 3.8) is 0 Å². The molecular weight excluding hydrogens is 370 g/mol. The van der Waals surface area contributed by atoms with E-state index >= 15 is 0 Å². The van der Waals surface area contributed by atoms with E-state index in [1.165, 1.54) is 0 Å². The van der Waals surface area contributed by atoms with Crippen molar-refractivity contribution in [3.05, 3.63) is 0 Å². The molecule has 8 nitrogen and oxygen atoms in total. The van der Waals surface area contributed by atoms with E-state index in [0.29, 0.717) is 26.2 Å². The molecule has 0 unspecified atom stereocenters. The molecule has 0 aromatic heterocycles. The third-order valence-corrected chi connectivity index (χ3v) is 7.88. The van der Waals surface area contributed by atoms with Crippen molar-refractivity contribution in [2.45, 2.75) is 39.0 Å². The van der Waals surface area contributed by atoms with E-state index in [4.69, 9.17) is 0 Å². The summed E-state index contributed by atoms with van der Waals surface area (Å²) >= 11 is 0. The fourth-order valence-corrected chi connectivity index (χ4v) is 6.13. The Morgan fingerprint density at radius 2 is 1.52 bits per heavy atom. The van der Waals surface area contributed by atoms with Crippen LogP contribution in [0, 0.1) is 10.8 Å². The standard InChI is InChI=1S/C21H35N5O3/c1-4-23-14-9-21(17(23)27)16-26(18(28)22(2)3)15-20(21)7-12-25(13-8-20)19(29)24-10-5-6-11-24/h4-16H2,1-3H3/t21-/m0/s1. The van der Waals surface area contributed by atoms with E-state index in [9.17, 15) is 14.4 Å². The molecule has 0 aromatic rings. The SMILES string of the molecule is CCN1CC[C@]2(CN(C(=O)N(C)C)CC23CCN(C(=O)N2CCCC2)CC3)C1=O. The van der Waals surface area contributed by atoms with Gasteiger partial charge in [0, 0.05) is 71.9 Å². The Bertz CT molecular complexity index is 682. The molecule has 4 aliphatic rings. The van der Waals surface area contributed by atoms with Gasteiger partial charge in [-0.2, -0.15) is 0 Å². The Balaban J connectivity index is 1.56. The van der Waals surface area contributed by atoms with Crippen LogP contribution in [-0.4, -0.2) is 109 Å². The average molecular weight is 406 g/mol. The van der Waals surface area contributed by atoms with Crippen molar-refractivity contribution in [2.24, 2.45) is 10.8 Å². The summed E-state index contributed by atoms with van der Waals surface area (Å²) in [5.41, 5.74) is -0.709. The van der Waals surface area contributed by atoms with Crippen LogP contribution in [0.25, 0.3) is 0 Å². The van der Waals surface area contributed by atoms with Gasteiger partial charge in [0.1, 0.15) is 0 Å². The first-order valence-corrected chi connectivity index (χ1v) is 11.1. The maximum absolute atomic E-state index is 13.5. The van der Waals surface area contributed by atoms with E-state index in [1.54, 1.807) is 19.0 Å². The zero-order chi connectivity index (χ0) is 20.8. The average Bonchev–Trinajstić information content (AvgIpc) is 3.42. The second kappa shape index (κ2) is 7.36. The Labute approximate surface area is 173 Å². The van der Waals surface area contributed by atoms with Gasteiger partial charge in [-0.1, -0.05) is 0 Å². The second-order valence-electron chi connectivity index (χ2n) is 9.49. The molecule has 4 rings (SSSR count). The number of hydrogen-bond acceptors (Lipinski definition) is 3. The maximum atomic E-state index is 13.5. The van der Waals surface area contributed by atoms with Crippen molar-refractivity contribution >= 4 is 18.0 Å². The summed E-state index contributed by atoms with van der Waals surface area (Å²) in [4.78, 5) is 48.5. The lowest BCUT2D eigenvalue weighted by Gasteiger charge is -2.47. The number of fused-ring (bicyclic) bond motifs is 1. The predicted molar refractivity (Wildman–Crippen MR) is 109 cm³/mol. The molecule has 0 saturated carbocycles. The van der Waals surface area contributed by atoms with Gasteiger partial charge in [0.15, 0.2) is 0 Å². The third-order valence-electron chi connectivity index (χ3n) is 7.88. The van der Waals surface area contributed by atoms with E-state index < -0.39 is 5.41 Å². The summed E-state index contributed by atoms with van der Waals surface area (Å²) in [7, 11) is 3.54. The minimum absolute atomic E-state index is 0.0143. The van der Waals surface area contributed by atoms with Crippen molar-refractivity contribution in [1.82, 2.24) is 24.5 Å². The highest BCUT2D eigenvalue weighted by Crippen LogP contribution is 2.58. The molecule has 162 valence electrons. The minimum atomic E-state index is -0.489. The van der Waals surface area contributed by atoms with Crippen LogP contribution in [0.1, 0.15) is 39.0 Å². The van der Waals surface area contributed by atoms with Gasteiger partial charge in [-0.25, -0.2) is 9.59 Å². The number of nitrogens with zero attached hydrogens (tertiary/aromatic N) is 5. The molecule has 8 heteroatoms. The molecule has 4 aliphatic heterocycles. The van der Waals surface area contributed by atoms with Crippen LogP contribution >= 0.6 is 0 Å². The van der Waals surface area contributed by atoms with Crippen LogP contribution < -0.4 is 0 Å². The van der Waals surface area contributed by atoms with Crippen molar-refractivity contribution in [1.29, 1.82) is 0 Å². The molecule has 0 N–H and O–H groups in total. The minimum Gasteiger partial charge on any atom is -0.342 e. The van der Waals surface area contributed by atoms with Crippen LogP contribution in [0.15, 0.2) is 0 Å². The molecule has 0 bridgehead atoms. The van der Waals surface area contributed by atoms with Crippen molar-refractivity contribution in [2.75, 3.05) is 66.5 Å². The summed E-state index contributed by atoms with van der Waals surface area (Å²) in [6.45, 7) is 7.74. The van der Waals surface area contributed by atoms with Crippen LogP contribution in [0.2, 0.25) is 0 Å². The molecule has 4 saturated heterocycles. The predicted octanol–water partition coefficient (Wildman–Crippen LogP) is 1.52. The summed E-state index contributed by atoms with van der Waals surface area (Å²) in [5.74, 6) is 0.216. The Morgan fingerprint density at radius 1 is 0.897 bits per heavy atom. The number of urea groups is 2. The van der Waals surface area contributed by atoms with Gasteiger partial charge >= 0.3 is 12.1 Å². The summed E-state index contributed by atoms with van der Waals surface area (Å²) < 4.78 is 0. The quantitative estimate of drug-likeness (QED) is 0.664. The van der Waals surface area contributed by atoms with E-state index in [0.717, 1.165) is 58.3 Å². The highest BCUT2D eigenvalue weighted by molar-refractivity contribution is 5.88. The number of likely N-dealkylation sites (tertiary alicyclic amines) is 4. The molecule has 4 heterocycles. The van der Waals surface area contributed by atoms with E-state index in [1.807, 2.05) is 26.5 Å². The molecule has 5 amide bonds. The van der Waals surface area contributed by atoms with Crippen molar-refractivity contribution < 1.29 is 14.4 Å². The Kier molecular flexibility index (Phi) is 5.15. The Hall–Kier alpha value is -1.99. The first-order valence-electron chi connectivity index (χ1n) is 11.1. The van der Waals surface area contributed by atoms with Gasteiger partial charge in [-0.05, 0) is 39.0 Å². The van der Waals surface area contributed by atoms with Crippen molar-refractivity contribution in [3.8, 4) is 0 Å². The number of carbonyl (C=O) groups is 3. The normalized spacial score (nSPS) is 28.9. The topological polar surface area (TPSA) is 67.4 Å². The molecule has 0 aliphatic carbocycles. The Morgan fingerprint density at radius 3 is 2.07 bits per heavy atom. The largest absolute Gasteiger partial charge is 0.342 e. The van der Waals surface area contributed by atoms with Gasteiger partial charge in [-0.15, -0.1) is 0 Å². The number of rotatable bonds is 1. The van der Waals surface area contributed by atoms with Gasteiger partial charge in [0.05, 0.1) is 5.41 Å². The zero-order valence-electron chi connectivity index (χ0n) is 18.2. The molecule has 2 spiro atoms. The van der Waals surface area contributed by atoms with Gasteiger partial charge < -0.3 is 24.5 Å². The molecule has 1 atom stereocenters. The first-order chi connectivity index (χ1) is 13.8. The molecular formula is C21H35N5O3. The van der Waals surface area contributed by atoms with Gasteiger partial charge in [-0.3, -0.25) is 4.79 Å². The first kappa shape index (κ1) is 20.3. The fourth-order valence-electron chi connectivity index (χ4n) is 6.13. The second-order valence-corrected chi connectivity index (χ2v) is 9.49. The van der Waals surface area contributed by atoms with Crippen LogP contribution in [0.4, 0.5) is 9.59 Å². The van der Waals surface area contributed by atoms with Crippen LogP contribution in [0.3, 0.4) is 0 Å². The maximum Gasteiger partial charge on any atom is 0.319 e. The van der Waals surface area contributed by atoms with Gasteiger partial charge in [0.25, 0.3) is 0 Å². The lowest BCUT2D eigenvalue weighted by Crippen LogP contribution is -2.55. The monoisotopic (exact) mass is 405 g/mol. The molecule has 29 heavy (non-hydrogen) atoms. The summed E-state index contributed by atoms with van der Waals surface area (Å²) in [6.07, 6.45) is 4.60. The zero-order valence-corrected chi connectivity index (χ0v) is 18.2. The highest BCUT2D eigenvalue weighted by Gasteiger charge is 2.66. The molecule has 0 radical (unpaired) electrons. The number of amides is 5. The smallest absolute Gasteiger partial charge is 0.319 e. The lowest BCUT2D eigenvalue weighted by molar-refractivity contribution is -0.141. The summed E-state index contributed by atoms with van der Waals surface area (Å²) in [5, 5.41) is 0. The van der Waals surface area contributed by atoms with E-state index in [2.05, 4.69) is 0 Å². The highest BCUT2D eigenvalue weighted by atomic mass is 16.2. The number of hydrogen-bond donors (Lipinski definition) is 0. The summed E-state index contributed by atoms with van der Waals surface area (Å²) in [6, 6.07) is 0.137. The van der Waals surface area contributed by atoms with Crippen LogP contribution in [0.5, 0.6) is 0 Å². The van der Waals surface area contributed by atoms with Crippen LogP contribution in [-0.2, 0) is 4.79 Å². The van der Waals surface area contributed by atoms with Gasteiger partial charge in [0.2, 0.25) is 5.91 Å². The fraction of sp³-hybridized carbons (Fsp3) is 0.857. The number of piperidine rings is 1.